The predicted octanol–water partition coefficient (Wildman–Crippen LogP) is 0.710. The van der Waals surface area contributed by atoms with Crippen molar-refractivity contribution in [1.82, 2.24) is 0 Å². The third kappa shape index (κ3) is 8.64. The maximum atomic E-state index is 11.3. The molecular formula is C11H23NO4. The molecule has 5 nitrogen and oxygen atoms in total. The van der Waals surface area contributed by atoms with Crippen molar-refractivity contribution < 1.29 is 19.0 Å². The fraction of sp³-hybridized carbons (Fsp3) is 0.909. The van der Waals surface area contributed by atoms with Gasteiger partial charge in [-0.1, -0.05) is 13.3 Å². The molecule has 0 rings (SSSR count). The zero-order valence-electron chi connectivity index (χ0n) is 10.2. The van der Waals surface area contributed by atoms with Crippen molar-refractivity contribution in [1.29, 1.82) is 0 Å². The molecule has 0 aromatic carbocycles. The lowest BCUT2D eigenvalue weighted by atomic mass is 10.2. The van der Waals surface area contributed by atoms with E-state index in [1.165, 1.54) is 0 Å². The van der Waals surface area contributed by atoms with Crippen molar-refractivity contribution in [3.8, 4) is 0 Å². The van der Waals surface area contributed by atoms with E-state index in [-0.39, 0.29) is 5.97 Å². The average molecular weight is 233 g/mol. The van der Waals surface area contributed by atoms with E-state index in [1.807, 2.05) is 6.92 Å². The number of rotatable bonds is 10. The van der Waals surface area contributed by atoms with Crippen LogP contribution in [0, 0.1) is 0 Å². The van der Waals surface area contributed by atoms with E-state index in [9.17, 15) is 4.79 Å². The molecule has 1 atom stereocenters. The Morgan fingerprint density at radius 1 is 1.25 bits per heavy atom. The van der Waals surface area contributed by atoms with E-state index in [0.29, 0.717) is 39.3 Å². The third-order valence-electron chi connectivity index (χ3n) is 2.01. The summed E-state index contributed by atoms with van der Waals surface area (Å²) in [5, 5.41) is 0. The SMILES string of the molecule is CCCC(N)C(=O)OCCCOCCOC. The van der Waals surface area contributed by atoms with E-state index in [0.717, 1.165) is 6.42 Å². The van der Waals surface area contributed by atoms with Crippen LogP contribution < -0.4 is 5.73 Å². The summed E-state index contributed by atoms with van der Waals surface area (Å²) in [6.45, 7) is 4.07. The van der Waals surface area contributed by atoms with Gasteiger partial charge in [0.2, 0.25) is 0 Å². The lowest BCUT2D eigenvalue weighted by Crippen LogP contribution is -2.32. The number of nitrogens with two attached hydrogens (primary N) is 1. The highest BCUT2D eigenvalue weighted by Crippen LogP contribution is 1.96. The Morgan fingerprint density at radius 3 is 2.62 bits per heavy atom. The first-order valence-electron chi connectivity index (χ1n) is 5.71. The summed E-state index contributed by atoms with van der Waals surface area (Å²) in [7, 11) is 1.63. The van der Waals surface area contributed by atoms with Crippen molar-refractivity contribution >= 4 is 5.97 Å². The summed E-state index contributed by atoms with van der Waals surface area (Å²) >= 11 is 0. The summed E-state index contributed by atoms with van der Waals surface area (Å²) in [4.78, 5) is 11.3. The molecule has 0 bridgehead atoms. The number of carbonyl (C=O) groups excluding carboxylic acids is 1. The minimum Gasteiger partial charge on any atom is -0.464 e. The molecule has 0 saturated heterocycles. The van der Waals surface area contributed by atoms with Crippen molar-refractivity contribution in [2.45, 2.75) is 32.2 Å². The van der Waals surface area contributed by atoms with Crippen LogP contribution in [0.25, 0.3) is 0 Å². The van der Waals surface area contributed by atoms with Crippen LogP contribution in [-0.4, -0.2) is 45.5 Å². The van der Waals surface area contributed by atoms with Crippen molar-refractivity contribution in [3.63, 3.8) is 0 Å². The summed E-state index contributed by atoms with van der Waals surface area (Å²) in [6, 6.07) is -0.487. The topological polar surface area (TPSA) is 70.8 Å². The Morgan fingerprint density at radius 2 is 2.00 bits per heavy atom. The number of carbonyl (C=O) groups is 1. The van der Waals surface area contributed by atoms with Crippen molar-refractivity contribution in [3.05, 3.63) is 0 Å². The first-order chi connectivity index (χ1) is 7.72. The number of hydrogen-bond donors (Lipinski definition) is 1. The number of ether oxygens (including phenoxy) is 3. The molecule has 5 heteroatoms. The Kier molecular flexibility index (Phi) is 10.4. The van der Waals surface area contributed by atoms with E-state index < -0.39 is 6.04 Å². The minimum atomic E-state index is -0.487. The Bertz CT molecular complexity index is 175. The summed E-state index contributed by atoms with van der Waals surface area (Å²) in [5.74, 6) is -0.321. The van der Waals surface area contributed by atoms with Gasteiger partial charge in [-0.3, -0.25) is 4.79 Å². The van der Waals surface area contributed by atoms with Gasteiger partial charge in [-0.05, 0) is 6.42 Å². The van der Waals surface area contributed by atoms with Crippen LogP contribution >= 0.6 is 0 Å². The fourth-order valence-electron chi connectivity index (χ4n) is 1.11. The molecule has 0 aromatic heterocycles. The molecule has 16 heavy (non-hydrogen) atoms. The molecular weight excluding hydrogens is 210 g/mol. The normalized spacial score (nSPS) is 12.4. The van der Waals surface area contributed by atoms with Crippen LogP contribution in [0.3, 0.4) is 0 Å². The van der Waals surface area contributed by atoms with E-state index in [1.54, 1.807) is 7.11 Å². The zero-order valence-corrected chi connectivity index (χ0v) is 10.2. The lowest BCUT2D eigenvalue weighted by Gasteiger charge is -2.10. The molecule has 0 aliphatic carbocycles. The first kappa shape index (κ1) is 15.3. The number of hydrogen-bond acceptors (Lipinski definition) is 5. The van der Waals surface area contributed by atoms with Crippen LogP contribution in [0.4, 0.5) is 0 Å². The maximum Gasteiger partial charge on any atom is 0.322 e. The molecule has 0 spiro atoms. The standard InChI is InChI=1S/C11H23NO4/c1-3-5-10(12)11(13)16-7-4-6-15-9-8-14-2/h10H,3-9,12H2,1-2H3. The second-order valence-corrected chi connectivity index (χ2v) is 3.52. The van der Waals surface area contributed by atoms with Gasteiger partial charge in [-0.15, -0.1) is 0 Å². The molecule has 0 aliphatic heterocycles. The molecule has 0 heterocycles. The van der Waals surface area contributed by atoms with Crippen LogP contribution in [-0.2, 0) is 19.0 Å². The molecule has 0 radical (unpaired) electrons. The van der Waals surface area contributed by atoms with Gasteiger partial charge in [0.05, 0.1) is 19.8 Å². The van der Waals surface area contributed by atoms with Crippen LogP contribution in [0.1, 0.15) is 26.2 Å². The van der Waals surface area contributed by atoms with Crippen LogP contribution in [0.5, 0.6) is 0 Å². The molecule has 2 N–H and O–H groups in total. The summed E-state index contributed by atoms with van der Waals surface area (Å²) in [6.07, 6.45) is 2.24. The molecule has 0 aliphatic rings. The van der Waals surface area contributed by atoms with Crippen LogP contribution in [0.2, 0.25) is 0 Å². The average Bonchev–Trinajstić information content (AvgIpc) is 2.28. The molecule has 0 fully saturated rings. The van der Waals surface area contributed by atoms with Crippen LogP contribution in [0.15, 0.2) is 0 Å². The number of methoxy groups -OCH3 is 1. The zero-order chi connectivity index (χ0) is 12.2. The fourth-order valence-corrected chi connectivity index (χ4v) is 1.11. The van der Waals surface area contributed by atoms with Crippen molar-refractivity contribution in [2.24, 2.45) is 5.73 Å². The largest absolute Gasteiger partial charge is 0.464 e. The molecule has 0 aromatic rings. The quantitative estimate of drug-likeness (QED) is 0.444. The highest BCUT2D eigenvalue weighted by molar-refractivity contribution is 5.75. The molecule has 1 unspecified atom stereocenters. The highest BCUT2D eigenvalue weighted by atomic mass is 16.5. The monoisotopic (exact) mass is 233 g/mol. The van der Waals surface area contributed by atoms with E-state index in [2.05, 4.69) is 0 Å². The van der Waals surface area contributed by atoms with Gasteiger partial charge in [-0.25, -0.2) is 0 Å². The maximum absolute atomic E-state index is 11.3. The van der Waals surface area contributed by atoms with Crippen molar-refractivity contribution in [2.75, 3.05) is 33.5 Å². The van der Waals surface area contributed by atoms with Gasteiger partial charge in [0.25, 0.3) is 0 Å². The summed E-state index contributed by atoms with van der Waals surface area (Å²) < 4.78 is 15.0. The Balaban J connectivity index is 3.27. The van der Waals surface area contributed by atoms with Gasteiger partial charge in [-0.2, -0.15) is 0 Å². The lowest BCUT2D eigenvalue weighted by molar-refractivity contribution is -0.145. The molecule has 0 saturated carbocycles. The third-order valence-corrected chi connectivity index (χ3v) is 2.01. The van der Waals surface area contributed by atoms with E-state index >= 15 is 0 Å². The smallest absolute Gasteiger partial charge is 0.322 e. The predicted molar refractivity (Wildman–Crippen MR) is 61.2 cm³/mol. The summed E-state index contributed by atoms with van der Waals surface area (Å²) in [5.41, 5.74) is 5.59. The Hall–Kier alpha value is -0.650. The van der Waals surface area contributed by atoms with Gasteiger partial charge in [0, 0.05) is 20.1 Å². The number of esters is 1. The first-order valence-corrected chi connectivity index (χ1v) is 5.71. The Labute approximate surface area is 97.2 Å². The molecule has 96 valence electrons. The van der Waals surface area contributed by atoms with Gasteiger partial charge in [0.15, 0.2) is 0 Å². The highest BCUT2D eigenvalue weighted by Gasteiger charge is 2.12. The van der Waals surface area contributed by atoms with Gasteiger partial charge < -0.3 is 19.9 Å². The van der Waals surface area contributed by atoms with Gasteiger partial charge in [0.1, 0.15) is 6.04 Å². The second-order valence-electron chi connectivity index (χ2n) is 3.52. The molecule has 0 amide bonds. The minimum absolute atomic E-state index is 0.321. The second kappa shape index (κ2) is 10.9. The van der Waals surface area contributed by atoms with Gasteiger partial charge >= 0.3 is 5.97 Å². The van der Waals surface area contributed by atoms with E-state index in [4.69, 9.17) is 19.9 Å².